The number of carbonyl (C=O) groups is 2. The molecule has 2 aromatic rings. The molecular formula is C21H27N3O4S. The molecule has 0 saturated carbocycles. The van der Waals surface area contributed by atoms with E-state index < -0.39 is 5.60 Å². The number of benzene rings is 1. The fraction of sp³-hybridized carbons (Fsp3) is 0.476. The van der Waals surface area contributed by atoms with Crippen LogP contribution < -0.4 is 10.1 Å². The summed E-state index contributed by atoms with van der Waals surface area (Å²) in [7, 11) is 0. The summed E-state index contributed by atoms with van der Waals surface area (Å²) in [5.74, 6) is 0.491. The van der Waals surface area contributed by atoms with Gasteiger partial charge < -0.3 is 19.7 Å². The Labute approximate surface area is 175 Å². The van der Waals surface area contributed by atoms with Gasteiger partial charge in [-0.25, -0.2) is 9.78 Å². The number of rotatable bonds is 5. The van der Waals surface area contributed by atoms with E-state index in [-0.39, 0.29) is 18.0 Å². The largest absolute Gasteiger partial charge is 0.487 e. The van der Waals surface area contributed by atoms with Gasteiger partial charge in [-0.15, -0.1) is 11.3 Å². The molecule has 0 radical (unpaired) electrons. The number of nitrogens with one attached hydrogen (secondary N) is 1. The molecule has 1 aromatic carbocycles. The molecule has 8 heteroatoms. The monoisotopic (exact) mass is 417 g/mol. The third-order valence-electron chi connectivity index (χ3n) is 4.45. The van der Waals surface area contributed by atoms with E-state index in [1.54, 1.807) is 28.6 Å². The zero-order chi connectivity index (χ0) is 20.9. The van der Waals surface area contributed by atoms with Crippen molar-refractivity contribution >= 4 is 23.3 Å². The molecule has 1 N–H and O–H groups in total. The zero-order valence-electron chi connectivity index (χ0n) is 17.0. The minimum atomic E-state index is -0.505. The van der Waals surface area contributed by atoms with Crippen LogP contribution in [0, 0.1) is 0 Å². The van der Waals surface area contributed by atoms with Gasteiger partial charge in [0.15, 0.2) is 0 Å². The lowest BCUT2D eigenvalue weighted by Crippen LogP contribution is -2.47. The van der Waals surface area contributed by atoms with Crippen molar-refractivity contribution in [2.45, 2.75) is 51.9 Å². The number of ether oxygens (including phenoxy) is 2. The van der Waals surface area contributed by atoms with E-state index >= 15 is 0 Å². The summed E-state index contributed by atoms with van der Waals surface area (Å²) in [6.07, 6.45) is 1.10. The van der Waals surface area contributed by atoms with Gasteiger partial charge in [0.05, 0.1) is 11.2 Å². The number of hydrogen-bond acceptors (Lipinski definition) is 6. The molecule has 3 rings (SSSR count). The highest BCUT2D eigenvalue weighted by molar-refractivity contribution is 7.07. The first kappa shape index (κ1) is 21.1. The highest BCUT2D eigenvalue weighted by Crippen LogP contribution is 2.18. The second kappa shape index (κ2) is 9.26. The molecule has 1 aliphatic heterocycles. The first-order valence-corrected chi connectivity index (χ1v) is 10.6. The van der Waals surface area contributed by atoms with Gasteiger partial charge in [0, 0.05) is 30.1 Å². The van der Waals surface area contributed by atoms with Crippen molar-refractivity contribution in [3.8, 4) is 5.75 Å². The molecule has 0 atom stereocenters. The van der Waals surface area contributed by atoms with E-state index in [9.17, 15) is 9.59 Å². The van der Waals surface area contributed by atoms with Crippen LogP contribution in [0.15, 0.2) is 35.2 Å². The van der Waals surface area contributed by atoms with Crippen LogP contribution in [-0.4, -0.2) is 46.6 Å². The lowest BCUT2D eigenvalue weighted by atomic mass is 10.0. The number of piperidine rings is 1. The molecule has 29 heavy (non-hydrogen) atoms. The van der Waals surface area contributed by atoms with Gasteiger partial charge in [0.25, 0.3) is 5.91 Å². The maximum absolute atomic E-state index is 12.6. The normalized spacial score (nSPS) is 15.1. The molecule has 0 unspecified atom stereocenters. The number of thiazole rings is 1. The standard InChI is InChI=1S/C21H27N3O4S/c1-21(2,3)28-20(26)24-9-7-16(8-10-24)23-19(25)15-5-4-6-18(11-15)27-12-17-13-29-14-22-17/h4-6,11,13-14,16H,7-10,12H2,1-3H3,(H,23,25). The van der Waals surface area contributed by atoms with Crippen LogP contribution in [-0.2, 0) is 11.3 Å². The second-order valence-electron chi connectivity index (χ2n) is 8.01. The topological polar surface area (TPSA) is 80.8 Å². The van der Waals surface area contributed by atoms with Gasteiger partial charge in [-0.1, -0.05) is 6.07 Å². The summed E-state index contributed by atoms with van der Waals surface area (Å²) >= 11 is 1.52. The highest BCUT2D eigenvalue weighted by Gasteiger charge is 2.27. The van der Waals surface area contributed by atoms with Gasteiger partial charge in [0.2, 0.25) is 0 Å². The Morgan fingerprint density at radius 2 is 2.03 bits per heavy atom. The van der Waals surface area contributed by atoms with Crippen LogP contribution in [0.5, 0.6) is 5.75 Å². The summed E-state index contributed by atoms with van der Waals surface area (Å²) < 4.78 is 11.1. The summed E-state index contributed by atoms with van der Waals surface area (Å²) in [6, 6.07) is 7.15. The van der Waals surface area contributed by atoms with Crippen LogP contribution in [0.4, 0.5) is 4.79 Å². The van der Waals surface area contributed by atoms with E-state index in [0.717, 1.165) is 5.69 Å². The summed E-state index contributed by atoms with van der Waals surface area (Å²) in [5, 5.41) is 4.99. The van der Waals surface area contributed by atoms with E-state index in [2.05, 4.69) is 10.3 Å². The second-order valence-corrected chi connectivity index (χ2v) is 8.73. The molecule has 2 amide bonds. The maximum atomic E-state index is 12.6. The molecule has 1 saturated heterocycles. The van der Waals surface area contributed by atoms with Gasteiger partial charge >= 0.3 is 6.09 Å². The van der Waals surface area contributed by atoms with Crippen molar-refractivity contribution in [3.63, 3.8) is 0 Å². The minimum absolute atomic E-state index is 0.0285. The van der Waals surface area contributed by atoms with Crippen molar-refractivity contribution in [2.75, 3.05) is 13.1 Å². The number of amides is 2. The Morgan fingerprint density at radius 1 is 1.28 bits per heavy atom. The molecule has 0 bridgehead atoms. The summed E-state index contributed by atoms with van der Waals surface area (Å²) in [6.45, 7) is 7.07. The van der Waals surface area contributed by atoms with Crippen molar-refractivity contribution < 1.29 is 19.1 Å². The number of carbonyl (C=O) groups excluding carboxylic acids is 2. The third-order valence-corrected chi connectivity index (χ3v) is 5.08. The van der Waals surface area contributed by atoms with E-state index in [1.807, 2.05) is 32.2 Å². The lowest BCUT2D eigenvalue weighted by Gasteiger charge is -2.33. The van der Waals surface area contributed by atoms with Gasteiger partial charge in [0.1, 0.15) is 18.0 Å². The van der Waals surface area contributed by atoms with Crippen molar-refractivity contribution in [1.82, 2.24) is 15.2 Å². The quantitative estimate of drug-likeness (QED) is 0.799. The predicted molar refractivity (Wildman–Crippen MR) is 111 cm³/mol. The molecule has 156 valence electrons. The Kier molecular flexibility index (Phi) is 6.74. The number of likely N-dealkylation sites (tertiary alicyclic amines) is 1. The molecular weight excluding hydrogens is 390 g/mol. The minimum Gasteiger partial charge on any atom is -0.487 e. The number of nitrogens with zero attached hydrogens (tertiary/aromatic N) is 2. The average molecular weight is 418 g/mol. The first-order valence-electron chi connectivity index (χ1n) is 9.69. The van der Waals surface area contributed by atoms with Gasteiger partial charge in [-0.3, -0.25) is 4.79 Å². The van der Waals surface area contributed by atoms with E-state index in [0.29, 0.717) is 43.9 Å². The van der Waals surface area contributed by atoms with Crippen LogP contribution in [0.3, 0.4) is 0 Å². The molecule has 0 aliphatic carbocycles. The molecule has 0 spiro atoms. The summed E-state index contributed by atoms with van der Waals surface area (Å²) in [5.41, 5.74) is 2.67. The molecule has 7 nitrogen and oxygen atoms in total. The van der Waals surface area contributed by atoms with Crippen LogP contribution in [0.25, 0.3) is 0 Å². The molecule has 1 aromatic heterocycles. The molecule has 2 heterocycles. The molecule has 1 fully saturated rings. The highest BCUT2D eigenvalue weighted by atomic mass is 32.1. The SMILES string of the molecule is CC(C)(C)OC(=O)N1CCC(NC(=O)c2cccc(OCc3cscn3)c2)CC1. The van der Waals surface area contributed by atoms with E-state index in [4.69, 9.17) is 9.47 Å². The van der Waals surface area contributed by atoms with Crippen molar-refractivity contribution in [1.29, 1.82) is 0 Å². The first-order chi connectivity index (χ1) is 13.8. The van der Waals surface area contributed by atoms with Crippen LogP contribution in [0.1, 0.15) is 49.7 Å². The molecule has 1 aliphatic rings. The van der Waals surface area contributed by atoms with Gasteiger partial charge in [-0.05, 0) is 51.8 Å². The Hall–Kier alpha value is -2.61. The Balaban J connectivity index is 1.48. The van der Waals surface area contributed by atoms with Crippen LogP contribution in [0.2, 0.25) is 0 Å². The average Bonchev–Trinajstić information content (AvgIpc) is 3.19. The maximum Gasteiger partial charge on any atom is 0.410 e. The Bertz CT molecular complexity index is 825. The zero-order valence-corrected chi connectivity index (χ0v) is 17.8. The fourth-order valence-electron chi connectivity index (χ4n) is 2.99. The fourth-order valence-corrected chi connectivity index (χ4v) is 3.54. The summed E-state index contributed by atoms with van der Waals surface area (Å²) in [4.78, 5) is 30.6. The van der Waals surface area contributed by atoms with E-state index in [1.165, 1.54) is 11.3 Å². The van der Waals surface area contributed by atoms with Crippen molar-refractivity contribution in [3.05, 3.63) is 46.4 Å². The third kappa shape index (κ3) is 6.45. The van der Waals surface area contributed by atoms with Crippen LogP contribution >= 0.6 is 11.3 Å². The Morgan fingerprint density at radius 3 is 2.69 bits per heavy atom. The number of aromatic nitrogens is 1. The lowest BCUT2D eigenvalue weighted by molar-refractivity contribution is 0.0199. The predicted octanol–water partition coefficient (Wildman–Crippen LogP) is 3.85. The number of hydrogen-bond donors (Lipinski definition) is 1. The van der Waals surface area contributed by atoms with Crippen molar-refractivity contribution in [2.24, 2.45) is 0 Å². The van der Waals surface area contributed by atoms with Gasteiger partial charge in [-0.2, -0.15) is 0 Å². The smallest absolute Gasteiger partial charge is 0.410 e.